The standard InChI is InChI=1S/C18H24FN3O2/c1-13-15(14(2)22(4)20-13)9-10-18(23)21(3)11-12-24-17-8-6-5-7-16(17)19/h5-8H,9-12H2,1-4H3. The molecule has 2 aromatic rings. The zero-order valence-corrected chi connectivity index (χ0v) is 14.7. The van der Waals surface area contributed by atoms with Gasteiger partial charge in [-0.15, -0.1) is 0 Å². The zero-order chi connectivity index (χ0) is 17.7. The van der Waals surface area contributed by atoms with E-state index >= 15 is 0 Å². The summed E-state index contributed by atoms with van der Waals surface area (Å²) in [6.07, 6.45) is 1.09. The van der Waals surface area contributed by atoms with Crippen LogP contribution in [-0.4, -0.2) is 40.8 Å². The molecular weight excluding hydrogens is 309 g/mol. The predicted octanol–water partition coefficient (Wildman–Crippen LogP) is 2.65. The molecule has 0 aliphatic heterocycles. The molecule has 1 aromatic carbocycles. The quantitative estimate of drug-likeness (QED) is 0.783. The van der Waals surface area contributed by atoms with Crippen LogP contribution in [0.25, 0.3) is 0 Å². The van der Waals surface area contributed by atoms with E-state index in [1.807, 2.05) is 25.6 Å². The molecule has 0 aliphatic carbocycles. The first-order chi connectivity index (χ1) is 11.4. The molecule has 0 radical (unpaired) electrons. The van der Waals surface area contributed by atoms with Crippen molar-refractivity contribution in [2.24, 2.45) is 7.05 Å². The Morgan fingerprint density at radius 2 is 2.04 bits per heavy atom. The van der Waals surface area contributed by atoms with E-state index in [9.17, 15) is 9.18 Å². The van der Waals surface area contributed by atoms with Crippen molar-refractivity contribution in [3.63, 3.8) is 0 Å². The van der Waals surface area contributed by atoms with Crippen LogP contribution >= 0.6 is 0 Å². The summed E-state index contributed by atoms with van der Waals surface area (Å²) in [5, 5.41) is 4.36. The molecular formula is C18H24FN3O2. The maximum Gasteiger partial charge on any atom is 0.222 e. The minimum absolute atomic E-state index is 0.0368. The first kappa shape index (κ1) is 18.0. The monoisotopic (exact) mass is 333 g/mol. The Balaban J connectivity index is 1.79. The summed E-state index contributed by atoms with van der Waals surface area (Å²) in [5.41, 5.74) is 3.18. The first-order valence-electron chi connectivity index (χ1n) is 8.00. The van der Waals surface area contributed by atoms with Crippen LogP contribution in [0.1, 0.15) is 23.4 Å². The summed E-state index contributed by atoms with van der Waals surface area (Å²) in [4.78, 5) is 13.8. The Morgan fingerprint density at radius 1 is 1.33 bits per heavy atom. The normalized spacial score (nSPS) is 10.7. The van der Waals surface area contributed by atoms with Gasteiger partial charge in [0.15, 0.2) is 11.6 Å². The van der Waals surface area contributed by atoms with Crippen molar-refractivity contribution >= 4 is 5.91 Å². The number of carbonyl (C=O) groups excluding carboxylic acids is 1. The molecule has 2 rings (SSSR count). The number of benzene rings is 1. The molecule has 1 aromatic heterocycles. The van der Waals surface area contributed by atoms with Crippen LogP contribution in [0.15, 0.2) is 24.3 Å². The van der Waals surface area contributed by atoms with Crippen LogP contribution in [-0.2, 0) is 18.3 Å². The highest BCUT2D eigenvalue weighted by Gasteiger charge is 2.14. The molecule has 130 valence electrons. The van der Waals surface area contributed by atoms with Gasteiger partial charge in [0, 0.05) is 26.2 Å². The summed E-state index contributed by atoms with van der Waals surface area (Å²) in [6.45, 7) is 4.64. The topological polar surface area (TPSA) is 47.4 Å². The lowest BCUT2D eigenvalue weighted by atomic mass is 10.1. The number of aromatic nitrogens is 2. The fourth-order valence-corrected chi connectivity index (χ4v) is 2.58. The van der Waals surface area contributed by atoms with Crippen molar-refractivity contribution in [2.45, 2.75) is 26.7 Å². The summed E-state index contributed by atoms with van der Waals surface area (Å²) in [7, 11) is 3.63. The van der Waals surface area contributed by atoms with Crippen LogP contribution < -0.4 is 4.74 Å². The Kier molecular flexibility index (Phi) is 5.95. The average Bonchev–Trinajstić information content (AvgIpc) is 2.79. The molecule has 0 fully saturated rings. The highest BCUT2D eigenvalue weighted by molar-refractivity contribution is 5.76. The second kappa shape index (κ2) is 7.95. The maximum absolute atomic E-state index is 13.4. The molecule has 1 amide bonds. The van der Waals surface area contributed by atoms with Crippen molar-refractivity contribution in [3.8, 4) is 5.75 Å². The summed E-state index contributed by atoms with van der Waals surface area (Å²) in [6, 6.07) is 6.25. The second-order valence-corrected chi connectivity index (χ2v) is 5.87. The number of hydrogen-bond donors (Lipinski definition) is 0. The molecule has 0 bridgehead atoms. The number of halogens is 1. The molecule has 24 heavy (non-hydrogen) atoms. The molecule has 6 heteroatoms. The number of aryl methyl sites for hydroxylation is 2. The SMILES string of the molecule is Cc1nn(C)c(C)c1CCC(=O)N(C)CCOc1ccccc1F. The fraction of sp³-hybridized carbons (Fsp3) is 0.444. The van der Waals surface area contributed by atoms with Gasteiger partial charge in [-0.25, -0.2) is 4.39 Å². The highest BCUT2D eigenvalue weighted by Crippen LogP contribution is 2.16. The van der Waals surface area contributed by atoms with E-state index in [4.69, 9.17) is 4.74 Å². The molecule has 0 saturated carbocycles. The van der Waals surface area contributed by atoms with Gasteiger partial charge in [0.05, 0.1) is 12.2 Å². The molecule has 0 atom stereocenters. The summed E-state index contributed by atoms with van der Waals surface area (Å²) < 4.78 is 20.7. The van der Waals surface area contributed by atoms with Gasteiger partial charge >= 0.3 is 0 Å². The van der Waals surface area contributed by atoms with Gasteiger partial charge in [0.2, 0.25) is 5.91 Å². The average molecular weight is 333 g/mol. The van der Waals surface area contributed by atoms with E-state index in [1.54, 1.807) is 30.1 Å². The van der Waals surface area contributed by atoms with E-state index in [0.29, 0.717) is 19.4 Å². The molecule has 0 unspecified atom stereocenters. The Labute approximate surface area is 142 Å². The second-order valence-electron chi connectivity index (χ2n) is 5.87. The van der Waals surface area contributed by atoms with Crippen LogP contribution in [0.3, 0.4) is 0 Å². The number of amides is 1. The van der Waals surface area contributed by atoms with Crippen LogP contribution in [0.2, 0.25) is 0 Å². The van der Waals surface area contributed by atoms with Crippen molar-refractivity contribution in [3.05, 3.63) is 47.0 Å². The van der Waals surface area contributed by atoms with Gasteiger partial charge in [0.1, 0.15) is 6.61 Å². The van der Waals surface area contributed by atoms with E-state index in [-0.39, 0.29) is 18.3 Å². The minimum atomic E-state index is -0.394. The predicted molar refractivity (Wildman–Crippen MR) is 90.5 cm³/mol. The Bertz CT molecular complexity index is 712. The lowest BCUT2D eigenvalue weighted by Crippen LogP contribution is -2.31. The zero-order valence-electron chi connectivity index (χ0n) is 14.7. The third-order valence-corrected chi connectivity index (χ3v) is 4.19. The van der Waals surface area contributed by atoms with E-state index in [0.717, 1.165) is 17.0 Å². The van der Waals surface area contributed by atoms with Crippen molar-refractivity contribution in [1.82, 2.24) is 14.7 Å². The molecule has 0 saturated heterocycles. The van der Waals surface area contributed by atoms with E-state index in [1.165, 1.54) is 6.07 Å². The van der Waals surface area contributed by atoms with Gasteiger partial charge in [-0.1, -0.05) is 12.1 Å². The lowest BCUT2D eigenvalue weighted by molar-refractivity contribution is -0.130. The van der Waals surface area contributed by atoms with Crippen LogP contribution in [0.4, 0.5) is 4.39 Å². The number of likely N-dealkylation sites (N-methyl/N-ethyl adjacent to an activating group) is 1. The molecule has 0 spiro atoms. The van der Waals surface area contributed by atoms with E-state index in [2.05, 4.69) is 5.10 Å². The Hall–Kier alpha value is -2.37. The van der Waals surface area contributed by atoms with Gasteiger partial charge in [0.25, 0.3) is 0 Å². The largest absolute Gasteiger partial charge is 0.489 e. The van der Waals surface area contributed by atoms with Gasteiger partial charge in [-0.2, -0.15) is 5.10 Å². The van der Waals surface area contributed by atoms with Gasteiger partial charge in [-0.05, 0) is 38.0 Å². The number of rotatable bonds is 7. The number of para-hydroxylation sites is 1. The molecule has 5 nitrogen and oxygen atoms in total. The van der Waals surface area contributed by atoms with Crippen molar-refractivity contribution in [1.29, 1.82) is 0 Å². The summed E-state index contributed by atoms with van der Waals surface area (Å²) in [5.74, 6) is -0.149. The minimum Gasteiger partial charge on any atom is -0.489 e. The van der Waals surface area contributed by atoms with Gasteiger partial charge in [-0.3, -0.25) is 9.48 Å². The highest BCUT2D eigenvalue weighted by atomic mass is 19.1. The number of nitrogens with zero attached hydrogens (tertiary/aromatic N) is 3. The maximum atomic E-state index is 13.4. The molecule has 0 aliphatic rings. The number of carbonyl (C=O) groups is 1. The van der Waals surface area contributed by atoms with Crippen LogP contribution in [0.5, 0.6) is 5.75 Å². The van der Waals surface area contributed by atoms with Crippen molar-refractivity contribution < 1.29 is 13.9 Å². The number of ether oxygens (including phenoxy) is 1. The number of hydrogen-bond acceptors (Lipinski definition) is 3. The van der Waals surface area contributed by atoms with E-state index < -0.39 is 5.82 Å². The first-order valence-corrected chi connectivity index (χ1v) is 8.00. The third-order valence-electron chi connectivity index (χ3n) is 4.19. The fourth-order valence-electron chi connectivity index (χ4n) is 2.58. The smallest absolute Gasteiger partial charge is 0.222 e. The third kappa shape index (κ3) is 4.34. The Morgan fingerprint density at radius 3 is 2.67 bits per heavy atom. The molecule has 1 heterocycles. The summed E-state index contributed by atoms with van der Waals surface area (Å²) >= 11 is 0. The van der Waals surface area contributed by atoms with Gasteiger partial charge < -0.3 is 9.64 Å². The van der Waals surface area contributed by atoms with Crippen LogP contribution in [0, 0.1) is 19.7 Å². The molecule has 0 N–H and O–H groups in total. The van der Waals surface area contributed by atoms with Crippen molar-refractivity contribution in [2.75, 3.05) is 20.2 Å². The lowest BCUT2D eigenvalue weighted by Gasteiger charge is -2.17.